The summed E-state index contributed by atoms with van der Waals surface area (Å²) in [6.45, 7) is 8.40. The second-order valence-electron chi connectivity index (χ2n) is 9.71. The molecule has 8 nitrogen and oxygen atoms in total. The number of rotatable bonds is 5. The molecular formula is C27H29F3N6O2. The number of ether oxygens (including phenoxy) is 1. The van der Waals surface area contributed by atoms with Crippen molar-refractivity contribution in [2.24, 2.45) is 0 Å². The van der Waals surface area contributed by atoms with Crippen molar-refractivity contribution in [3.8, 4) is 5.82 Å². The SMILES string of the molecule is Cc1cc(NC(=O)c2cnn(-c3ccc(C(F)(F)F)cn3)c2C)cnc1C1=CCN(C2CCOC2C)CC1. The molecule has 1 amide bonds. The maximum Gasteiger partial charge on any atom is 0.417 e. The summed E-state index contributed by atoms with van der Waals surface area (Å²) in [5, 5.41) is 7.00. The number of aryl methyl sites for hydroxylation is 1. The Labute approximate surface area is 218 Å². The smallest absolute Gasteiger partial charge is 0.377 e. The van der Waals surface area contributed by atoms with E-state index >= 15 is 0 Å². The first-order valence-corrected chi connectivity index (χ1v) is 12.5. The van der Waals surface area contributed by atoms with E-state index in [1.807, 2.05) is 13.0 Å². The van der Waals surface area contributed by atoms with Gasteiger partial charge in [-0.25, -0.2) is 9.67 Å². The van der Waals surface area contributed by atoms with Gasteiger partial charge in [0.2, 0.25) is 0 Å². The molecule has 0 saturated carbocycles. The van der Waals surface area contributed by atoms with Crippen LogP contribution in [0.4, 0.5) is 18.9 Å². The lowest BCUT2D eigenvalue weighted by Crippen LogP contribution is -2.42. The molecule has 5 rings (SSSR count). The van der Waals surface area contributed by atoms with E-state index in [9.17, 15) is 18.0 Å². The number of halogens is 3. The average Bonchev–Trinajstić information content (AvgIpc) is 3.49. The van der Waals surface area contributed by atoms with Crippen LogP contribution in [0.1, 0.15) is 52.6 Å². The topological polar surface area (TPSA) is 85.2 Å². The fourth-order valence-electron chi connectivity index (χ4n) is 5.12. The molecule has 1 saturated heterocycles. The number of pyridine rings is 2. The van der Waals surface area contributed by atoms with Gasteiger partial charge in [0.15, 0.2) is 5.82 Å². The van der Waals surface area contributed by atoms with Crippen molar-refractivity contribution in [2.45, 2.75) is 51.9 Å². The van der Waals surface area contributed by atoms with E-state index < -0.39 is 17.6 Å². The number of alkyl halides is 3. The Hall–Kier alpha value is -3.57. The number of anilines is 1. The maximum absolute atomic E-state index is 13.0. The van der Waals surface area contributed by atoms with Crippen LogP contribution in [0.25, 0.3) is 11.4 Å². The van der Waals surface area contributed by atoms with Crippen LogP contribution in [0.3, 0.4) is 0 Å². The Kier molecular flexibility index (Phi) is 7.06. The molecule has 11 heteroatoms. The van der Waals surface area contributed by atoms with Crippen molar-refractivity contribution in [3.05, 3.63) is 70.9 Å². The number of nitrogens with zero attached hydrogens (tertiary/aromatic N) is 5. The first-order valence-electron chi connectivity index (χ1n) is 12.5. The van der Waals surface area contributed by atoms with Crippen LogP contribution in [0.2, 0.25) is 0 Å². The third-order valence-corrected chi connectivity index (χ3v) is 7.23. The van der Waals surface area contributed by atoms with Crippen molar-refractivity contribution >= 4 is 17.2 Å². The van der Waals surface area contributed by atoms with Crippen LogP contribution in [-0.4, -0.2) is 62.4 Å². The normalized spacial score (nSPS) is 20.4. The van der Waals surface area contributed by atoms with Gasteiger partial charge in [0, 0.05) is 31.9 Å². The first-order chi connectivity index (χ1) is 18.1. The van der Waals surface area contributed by atoms with Gasteiger partial charge in [-0.3, -0.25) is 14.7 Å². The lowest BCUT2D eigenvalue weighted by atomic mass is 9.98. The lowest BCUT2D eigenvalue weighted by molar-refractivity contribution is -0.137. The third-order valence-electron chi connectivity index (χ3n) is 7.23. The zero-order chi connectivity index (χ0) is 27.0. The third kappa shape index (κ3) is 5.21. The van der Waals surface area contributed by atoms with Gasteiger partial charge >= 0.3 is 6.18 Å². The summed E-state index contributed by atoms with van der Waals surface area (Å²) in [6.07, 6.45) is 3.73. The Bertz CT molecular complexity index is 1370. The number of amides is 1. The van der Waals surface area contributed by atoms with E-state index in [1.54, 1.807) is 13.1 Å². The molecule has 2 unspecified atom stereocenters. The fraction of sp³-hybridized carbons (Fsp3) is 0.407. The molecule has 1 fully saturated rings. The molecule has 5 heterocycles. The molecule has 0 spiro atoms. The molecule has 2 aliphatic rings. The van der Waals surface area contributed by atoms with Gasteiger partial charge in [-0.15, -0.1) is 0 Å². The molecule has 2 aliphatic heterocycles. The van der Waals surface area contributed by atoms with Crippen LogP contribution in [-0.2, 0) is 10.9 Å². The predicted molar refractivity (Wildman–Crippen MR) is 136 cm³/mol. The van der Waals surface area contributed by atoms with Crippen LogP contribution in [0, 0.1) is 13.8 Å². The van der Waals surface area contributed by atoms with Gasteiger partial charge in [0.25, 0.3) is 5.91 Å². The standard InChI is InChI=1S/C27H29F3N6O2/c1-16-12-21(14-32-25(16)19-6-9-35(10-7-19)23-8-11-38-18(23)3)34-26(37)22-15-33-36(17(22)2)24-5-4-20(13-31-24)27(28,29)30/h4-6,12-15,18,23H,7-11H2,1-3H3,(H,34,37). The molecule has 0 aliphatic carbocycles. The summed E-state index contributed by atoms with van der Waals surface area (Å²) in [6, 6.07) is 4.50. The molecule has 0 aromatic carbocycles. The highest BCUT2D eigenvalue weighted by Gasteiger charge is 2.32. The molecule has 0 radical (unpaired) electrons. The monoisotopic (exact) mass is 526 g/mol. The van der Waals surface area contributed by atoms with E-state index in [2.05, 4.69) is 38.3 Å². The Morgan fingerprint density at radius 3 is 2.58 bits per heavy atom. The van der Waals surface area contributed by atoms with Crippen molar-refractivity contribution < 1.29 is 22.7 Å². The van der Waals surface area contributed by atoms with E-state index in [4.69, 9.17) is 4.74 Å². The van der Waals surface area contributed by atoms with E-state index in [-0.39, 0.29) is 17.5 Å². The first kappa shape index (κ1) is 26.1. The van der Waals surface area contributed by atoms with E-state index in [0.29, 0.717) is 17.4 Å². The number of carbonyl (C=O) groups excluding carboxylic acids is 1. The molecule has 2 atom stereocenters. The molecular weight excluding hydrogens is 497 g/mol. The molecule has 0 bridgehead atoms. The number of aromatic nitrogens is 4. The van der Waals surface area contributed by atoms with Gasteiger partial charge in [0.1, 0.15) is 0 Å². The van der Waals surface area contributed by atoms with Crippen LogP contribution in [0.5, 0.6) is 0 Å². The van der Waals surface area contributed by atoms with Gasteiger partial charge in [-0.2, -0.15) is 18.3 Å². The van der Waals surface area contributed by atoms with E-state index in [1.165, 1.54) is 22.5 Å². The summed E-state index contributed by atoms with van der Waals surface area (Å²) in [5.41, 5.74) is 3.52. The van der Waals surface area contributed by atoms with Crippen molar-refractivity contribution in [2.75, 3.05) is 25.0 Å². The zero-order valence-corrected chi connectivity index (χ0v) is 21.4. The van der Waals surface area contributed by atoms with Gasteiger partial charge < -0.3 is 10.1 Å². The fourth-order valence-corrected chi connectivity index (χ4v) is 5.12. The maximum atomic E-state index is 13.0. The molecule has 1 N–H and O–H groups in total. The quantitative estimate of drug-likeness (QED) is 0.513. The summed E-state index contributed by atoms with van der Waals surface area (Å²) < 4.78 is 45.6. The number of carbonyl (C=O) groups is 1. The van der Waals surface area contributed by atoms with Crippen molar-refractivity contribution in [3.63, 3.8) is 0 Å². The highest BCUT2D eigenvalue weighted by molar-refractivity contribution is 6.05. The minimum Gasteiger partial charge on any atom is -0.377 e. The minimum atomic E-state index is -4.48. The Balaban J connectivity index is 1.26. The van der Waals surface area contributed by atoms with Crippen LogP contribution < -0.4 is 5.32 Å². The lowest BCUT2D eigenvalue weighted by Gasteiger charge is -2.33. The highest BCUT2D eigenvalue weighted by atomic mass is 19.4. The zero-order valence-electron chi connectivity index (χ0n) is 21.4. The summed E-state index contributed by atoms with van der Waals surface area (Å²) in [4.78, 5) is 23.9. The van der Waals surface area contributed by atoms with Crippen LogP contribution in [0.15, 0.2) is 42.9 Å². The summed E-state index contributed by atoms with van der Waals surface area (Å²) in [5.74, 6) is -0.208. The minimum absolute atomic E-state index is 0.186. The summed E-state index contributed by atoms with van der Waals surface area (Å²) in [7, 11) is 0. The van der Waals surface area contributed by atoms with Crippen LogP contribution >= 0.6 is 0 Å². The van der Waals surface area contributed by atoms with Crippen molar-refractivity contribution in [1.29, 1.82) is 0 Å². The number of hydrogen-bond acceptors (Lipinski definition) is 6. The van der Waals surface area contributed by atoms with Gasteiger partial charge in [-0.1, -0.05) is 6.08 Å². The second kappa shape index (κ2) is 10.3. The highest BCUT2D eigenvalue weighted by Crippen LogP contribution is 2.30. The molecule has 3 aromatic heterocycles. The average molecular weight is 527 g/mol. The van der Waals surface area contributed by atoms with Crippen molar-refractivity contribution in [1.82, 2.24) is 24.6 Å². The van der Waals surface area contributed by atoms with Gasteiger partial charge in [-0.05, 0) is 62.9 Å². The Morgan fingerprint density at radius 2 is 1.97 bits per heavy atom. The second-order valence-corrected chi connectivity index (χ2v) is 9.71. The van der Waals surface area contributed by atoms with Gasteiger partial charge in [0.05, 0.1) is 46.7 Å². The number of nitrogens with one attached hydrogen (secondary N) is 1. The van der Waals surface area contributed by atoms with E-state index in [0.717, 1.165) is 56.1 Å². The largest absolute Gasteiger partial charge is 0.417 e. The Morgan fingerprint density at radius 1 is 1.16 bits per heavy atom. The molecule has 3 aromatic rings. The molecule has 38 heavy (non-hydrogen) atoms. The predicted octanol–water partition coefficient (Wildman–Crippen LogP) is 4.82. The summed E-state index contributed by atoms with van der Waals surface area (Å²) >= 11 is 0. The number of hydrogen-bond donors (Lipinski definition) is 1. The molecule has 200 valence electrons.